The fraction of sp³-hybridized carbons (Fsp3) is 0.316. The molecule has 2 rings (SSSR count). The fourth-order valence-corrected chi connectivity index (χ4v) is 2.20. The van der Waals surface area contributed by atoms with Gasteiger partial charge in [0.05, 0.1) is 7.11 Å². The van der Waals surface area contributed by atoms with E-state index in [9.17, 15) is 14.7 Å². The Bertz CT molecular complexity index is 830. The molecule has 0 bridgehead atoms. The number of alkyl carbamates (subject to hydrolysis) is 1. The zero-order chi connectivity index (χ0) is 20.0. The summed E-state index contributed by atoms with van der Waals surface area (Å²) in [7, 11) is 1.50. The standard InChI is InChI=1S/C19H23N3O5/c1-19(2,3)27-18(25)21-11-12-8-13(10-14(9-12)26-4)22-17(24)16-15(23)6-5-7-20-16/h5-10,23H,11H2,1-4H3,(H,21,25)(H,22,24). The minimum absolute atomic E-state index is 0.0891. The molecule has 0 saturated heterocycles. The van der Waals surface area contributed by atoms with Gasteiger partial charge in [0, 0.05) is 24.5 Å². The second kappa shape index (κ2) is 8.39. The summed E-state index contributed by atoms with van der Waals surface area (Å²) >= 11 is 0. The number of pyridine rings is 1. The number of carbonyl (C=O) groups excluding carboxylic acids is 2. The van der Waals surface area contributed by atoms with E-state index in [1.54, 1.807) is 39.0 Å². The summed E-state index contributed by atoms with van der Waals surface area (Å²) in [6.45, 7) is 5.51. The van der Waals surface area contributed by atoms with Gasteiger partial charge in [-0.15, -0.1) is 0 Å². The van der Waals surface area contributed by atoms with Gasteiger partial charge in [0.1, 0.15) is 17.1 Å². The Balaban J connectivity index is 2.12. The van der Waals surface area contributed by atoms with Crippen molar-refractivity contribution in [3.8, 4) is 11.5 Å². The van der Waals surface area contributed by atoms with Crippen LogP contribution < -0.4 is 15.4 Å². The van der Waals surface area contributed by atoms with Gasteiger partial charge >= 0.3 is 6.09 Å². The summed E-state index contributed by atoms with van der Waals surface area (Å²) in [6.07, 6.45) is 0.866. The number of nitrogens with zero attached hydrogens (tertiary/aromatic N) is 1. The molecule has 0 radical (unpaired) electrons. The number of anilines is 1. The average Bonchev–Trinajstić information content (AvgIpc) is 2.58. The van der Waals surface area contributed by atoms with Gasteiger partial charge in [-0.2, -0.15) is 0 Å². The highest BCUT2D eigenvalue weighted by atomic mass is 16.6. The van der Waals surface area contributed by atoms with E-state index in [0.717, 1.165) is 0 Å². The number of nitrogens with one attached hydrogen (secondary N) is 2. The number of ether oxygens (including phenoxy) is 2. The molecule has 144 valence electrons. The zero-order valence-corrected chi connectivity index (χ0v) is 15.7. The largest absolute Gasteiger partial charge is 0.505 e. The van der Waals surface area contributed by atoms with Crippen molar-refractivity contribution in [2.75, 3.05) is 12.4 Å². The summed E-state index contributed by atoms with van der Waals surface area (Å²) in [6, 6.07) is 7.93. The minimum atomic E-state index is -0.595. The highest BCUT2D eigenvalue weighted by molar-refractivity contribution is 6.04. The number of rotatable bonds is 5. The molecule has 2 amide bonds. The molecule has 0 spiro atoms. The van der Waals surface area contributed by atoms with Crippen LogP contribution in [-0.4, -0.2) is 34.8 Å². The van der Waals surface area contributed by atoms with Gasteiger partial charge in [-0.1, -0.05) is 0 Å². The Morgan fingerprint density at radius 2 is 1.96 bits per heavy atom. The maximum Gasteiger partial charge on any atom is 0.407 e. The van der Waals surface area contributed by atoms with E-state index in [2.05, 4.69) is 15.6 Å². The number of carbonyl (C=O) groups is 2. The molecule has 0 unspecified atom stereocenters. The van der Waals surface area contributed by atoms with Gasteiger partial charge in [-0.3, -0.25) is 4.79 Å². The molecule has 1 heterocycles. The minimum Gasteiger partial charge on any atom is -0.505 e. The SMILES string of the molecule is COc1cc(CNC(=O)OC(C)(C)C)cc(NC(=O)c2ncccc2O)c1. The fourth-order valence-electron chi connectivity index (χ4n) is 2.20. The van der Waals surface area contributed by atoms with Crippen LogP contribution in [0.25, 0.3) is 0 Å². The summed E-state index contributed by atoms with van der Waals surface area (Å²) < 4.78 is 10.4. The molecule has 0 aliphatic rings. The quantitative estimate of drug-likeness (QED) is 0.743. The van der Waals surface area contributed by atoms with Crippen molar-refractivity contribution in [3.05, 3.63) is 47.8 Å². The maximum atomic E-state index is 12.3. The summed E-state index contributed by atoms with van der Waals surface area (Å²) in [5.41, 5.74) is 0.447. The lowest BCUT2D eigenvalue weighted by Gasteiger charge is -2.20. The summed E-state index contributed by atoms with van der Waals surface area (Å²) in [4.78, 5) is 28.0. The predicted molar refractivity (Wildman–Crippen MR) is 99.9 cm³/mol. The summed E-state index contributed by atoms with van der Waals surface area (Å²) in [5, 5.41) is 15.0. The number of amides is 2. The molecule has 8 heteroatoms. The van der Waals surface area contributed by atoms with Crippen LogP contribution in [0, 0.1) is 0 Å². The Morgan fingerprint density at radius 3 is 2.59 bits per heavy atom. The second-order valence-corrected chi connectivity index (χ2v) is 6.75. The van der Waals surface area contributed by atoms with Crippen LogP contribution in [0.2, 0.25) is 0 Å². The van der Waals surface area contributed by atoms with E-state index in [4.69, 9.17) is 9.47 Å². The van der Waals surface area contributed by atoms with Crippen molar-refractivity contribution in [3.63, 3.8) is 0 Å². The Morgan fingerprint density at radius 1 is 1.22 bits per heavy atom. The molecule has 3 N–H and O–H groups in total. The van der Waals surface area contributed by atoms with Gasteiger partial charge in [0.25, 0.3) is 5.91 Å². The van der Waals surface area contributed by atoms with E-state index in [1.165, 1.54) is 25.4 Å². The molecular weight excluding hydrogens is 350 g/mol. The topological polar surface area (TPSA) is 110 Å². The predicted octanol–water partition coefficient (Wildman–Crippen LogP) is 3.07. The van der Waals surface area contributed by atoms with Gasteiger partial charge in [-0.25, -0.2) is 9.78 Å². The molecule has 0 aliphatic carbocycles. The third-order valence-corrected chi connectivity index (χ3v) is 3.30. The van der Waals surface area contributed by atoms with E-state index >= 15 is 0 Å². The first-order valence-corrected chi connectivity index (χ1v) is 8.28. The van der Waals surface area contributed by atoms with Crippen LogP contribution >= 0.6 is 0 Å². The Hall–Kier alpha value is -3.29. The highest BCUT2D eigenvalue weighted by Crippen LogP contribution is 2.22. The first-order valence-electron chi connectivity index (χ1n) is 8.28. The molecule has 8 nitrogen and oxygen atoms in total. The molecule has 1 aromatic heterocycles. The van der Waals surface area contributed by atoms with Crippen molar-refractivity contribution in [1.29, 1.82) is 0 Å². The van der Waals surface area contributed by atoms with Crippen LogP contribution in [0.5, 0.6) is 11.5 Å². The average molecular weight is 373 g/mol. The van der Waals surface area contributed by atoms with Crippen LogP contribution in [-0.2, 0) is 11.3 Å². The maximum absolute atomic E-state index is 12.3. The summed E-state index contributed by atoms with van der Waals surface area (Å²) in [5.74, 6) is -0.281. The van der Waals surface area contributed by atoms with Gasteiger partial charge in [0.15, 0.2) is 5.69 Å². The number of hydrogen-bond donors (Lipinski definition) is 3. The number of aromatic hydroxyl groups is 1. The number of aromatic nitrogens is 1. The van der Waals surface area contributed by atoms with Crippen molar-refractivity contribution in [1.82, 2.24) is 10.3 Å². The lowest BCUT2D eigenvalue weighted by Crippen LogP contribution is -2.32. The Labute approximate surface area is 157 Å². The lowest BCUT2D eigenvalue weighted by molar-refractivity contribution is 0.0523. The van der Waals surface area contributed by atoms with Gasteiger partial charge in [0.2, 0.25) is 0 Å². The van der Waals surface area contributed by atoms with Gasteiger partial charge < -0.3 is 25.2 Å². The first kappa shape index (κ1) is 20.0. The molecule has 2 aromatic rings. The number of benzene rings is 1. The van der Waals surface area contributed by atoms with E-state index < -0.39 is 17.6 Å². The van der Waals surface area contributed by atoms with E-state index in [1.807, 2.05) is 0 Å². The van der Waals surface area contributed by atoms with Crippen molar-refractivity contribution in [2.45, 2.75) is 32.9 Å². The molecule has 0 aliphatic heterocycles. The van der Waals surface area contributed by atoms with Crippen molar-refractivity contribution in [2.24, 2.45) is 0 Å². The normalized spacial score (nSPS) is 10.8. The molecule has 1 aromatic carbocycles. The molecular formula is C19H23N3O5. The Kier molecular flexibility index (Phi) is 6.23. The highest BCUT2D eigenvalue weighted by Gasteiger charge is 2.16. The lowest BCUT2D eigenvalue weighted by atomic mass is 10.1. The molecule has 0 atom stereocenters. The zero-order valence-electron chi connectivity index (χ0n) is 15.7. The molecule has 0 fully saturated rings. The number of hydrogen-bond acceptors (Lipinski definition) is 6. The van der Waals surface area contributed by atoms with Crippen molar-refractivity contribution < 1.29 is 24.2 Å². The second-order valence-electron chi connectivity index (χ2n) is 6.75. The van der Waals surface area contributed by atoms with E-state index in [0.29, 0.717) is 17.0 Å². The monoisotopic (exact) mass is 373 g/mol. The number of methoxy groups -OCH3 is 1. The van der Waals surface area contributed by atoms with E-state index in [-0.39, 0.29) is 18.0 Å². The van der Waals surface area contributed by atoms with Crippen LogP contribution in [0.15, 0.2) is 36.5 Å². The molecule has 27 heavy (non-hydrogen) atoms. The molecule has 0 saturated carbocycles. The smallest absolute Gasteiger partial charge is 0.407 e. The van der Waals surface area contributed by atoms with Crippen LogP contribution in [0.1, 0.15) is 36.8 Å². The van der Waals surface area contributed by atoms with Crippen LogP contribution in [0.4, 0.5) is 10.5 Å². The first-order chi connectivity index (χ1) is 12.7. The van der Waals surface area contributed by atoms with Gasteiger partial charge in [-0.05, 0) is 50.6 Å². The van der Waals surface area contributed by atoms with Crippen LogP contribution in [0.3, 0.4) is 0 Å². The third-order valence-electron chi connectivity index (χ3n) is 3.30. The van der Waals surface area contributed by atoms with Crippen molar-refractivity contribution >= 4 is 17.7 Å². The third kappa shape index (κ3) is 6.18.